The Morgan fingerprint density at radius 3 is 2.56 bits per heavy atom. The lowest BCUT2D eigenvalue weighted by Crippen LogP contribution is -2.48. The topological polar surface area (TPSA) is 84.2 Å². The molecule has 0 spiro atoms. The zero-order valence-corrected chi connectivity index (χ0v) is 10.9. The summed E-state index contributed by atoms with van der Waals surface area (Å²) in [6, 6.07) is 7.08. The van der Waals surface area contributed by atoms with Gasteiger partial charge in [-0.15, -0.1) is 0 Å². The maximum absolute atomic E-state index is 11.6. The zero-order valence-electron chi connectivity index (χ0n) is 10.9. The number of nitrogens with one attached hydrogen (secondary N) is 2. The molecule has 0 saturated carbocycles. The van der Waals surface area contributed by atoms with Crippen LogP contribution < -0.4 is 16.4 Å². The third-order valence-electron chi connectivity index (χ3n) is 2.45. The summed E-state index contributed by atoms with van der Waals surface area (Å²) in [7, 11) is 1.58. The standard InChI is InChI=1S/C13H19N3O2/c1-13(2,14)12(18)16-8-9-5-4-6-10(7-9)11(17)15-3/h4-7H,8,14H2,1-3H3,(H,15,17)(H,16,18). The third-order valence-corrected chi connectivity index (χ3v) is 2.45. The highest BCUT2D eigenvalue weighted by Gasteiger charge is 2.21. The molecule has 0 bridgehead atoms. The highest BCUT2D eigenvalue weighted by Crippen LogP contribution is 2.06. The fraction of sp³-hybridized carbons (Fsp3) is 0.385. The summed E-state index contributed by atoms with van der Waals surface area (Å²) in [4.78, 5) is 23.0. The van der Waals surface area contributed by atoms with Crippen molar-refractivity contribution in [2.45, 2.75) is 25.9 Å². The summed E-state index contributed by atoms with van der Waals surface area (Å²) in [5, 5.41) is 5.28. The smallest absolute Gasteiger partial charge is 0.251 e. The number of rotatable bonds is 4. The lowest BCUT2D eigenvalue weighted by molar-refractivity contribution is -0.125. The number of hydrogen-bond donors (Lipinski definition) is 3. The van der Waals surface area contributed by atoms with E-state index in [4.69, 9.17) is 5.73 Å². The second-order valence-corrected chi connectivity index (χ2v) is 4.68. The summed E-state index contributed by atoms with van der Waals surface area (Å²) in [6.45, 7) is 3.64. The van der Waals surface area contributed by atoms with Crippen molar-refractivity contribution >= 4 is 11.8 Å². The maximum atomic E-state index is 11.6. The maximum Gasteiger partial charge on any atom is 0.251 e. The molecule has 0 aliphatic rings. The van der Waals surface area contributed by atoms with Crippen LogP contribution in [0.3, 0.4) is 0 Å². The molecule has 0 unspecified atom stereocenters. The molecule has 4 N–H and O–H groups in total. The van der Waals surface area contributed by atoms with Crippen molar-refractivity contribution in [3.63, 3.8) is 0 Å². The highest BCUT2D eigenvalue weighted by molar-refractivity contribution is 5.94. The van der Waals surface area contributed by atoms with E-state index in [1.54, 1.807) is 39.1 Å². The van der Waals surface area contributed by atoms with Gasteiger partial charge in [-0.25, -0.2) is 0 Å². The molecule has 98 valence electrons. The van der Waals surface area contributed by atoms with Crippen molar-refractivity contribution in [2.75, 3.05) is 7.05 Å². The van der Waals surface area contributed by atoms with Crippen LogP contribution in [0.15, 0.2) is 24.3 Å². The largest absolute Gasteiger partial charge is 0.355 e. The van der Waals surface area contributed by atoms with Gasteiger partial charge in [0.1, 0.15) is 0 Å². The Morgan fingerprint density at radius 1 is 1.33 bits per heavy atom. The van der Waals surface area contributed by atoms with Crippen molar-refractivity contribution in [1.29, 1.82) is 0 Å². The second-order valence-electron chi connectivity index (χ2n) is 4.68. The van der Waals surface area contributed by atoms with Crippen LogP contribution in [0.5, 0.6) is 0 Å². The number of carbonyl (C=O) groups is 2. The van der Waals surface area contributed by atoms with Gasteiger partial charge in [-0.3, -0.25) is 9.59 Å². The predicted molar refractivity (Wildman–Crippen MR) is 69.9 cm³/mol. The normalized spacial score (nSPS) is 10.9. The molecule has 18 heavy (non-hydrogen) atoms. The molecule has 5 nitrogen and oxygen atoms in total. The summed E-state index contributed by atoms with van der Waals surface area (Å²) >= 11 is 0. The third kappa shape index (κ3) is 3.85. The van der Waals surface area contributed by atoms with Gasteiger partial charge in [0.05, 0.1) is 5.54 Å². The van der Waals surface area contributed by atoms with Crippen molar-refractivity contribution < 1.29 is 9.59 Å². The van der Waals surface area contributed by atoms with Gasteiger partial charge < -0.3 is 16.4 Å². The monoisotopic (exact) mass is 249 g/mol. The quantitative estimate of drug-likeness (QED) is 0.722. The van der Waals surface area contributed by atoms with Crippen LogP contribution in [0, 0.1) is 0 Å². The van der Waals surface area contributed by atoms with E-state index in [9.17, 15) is 9.59 Å². The van der Waals surface area contributed by atoms with Gasteiger partial charge >= 0.3 is 0 Å². The van der Waals surface area contributed by atoms with Gasteiger partial charge in [-0.2, -0.15) is 0 Å². The summed E-state index contributed by atoms with van der Waals surface area (Å²) in [5.74, 6) is -0.379. The van der Waals surface area contributed by atoms with Crippen molar-refractivity contribution in [3.8, 4) is 0 Å². The number of amides is 2. The summed E-state index contributed by atoms with van der Waals surface area (Å²) in [5.41, 5.74) is 6.18. The SMILES string of the molecule is CNC(=O)c1cccc(CNC(=O)C(C)(C)N)c1. The first-order valence-electron chi connectivity index (χ1n) is 5.73. The van der Waals surface area contributed by atoms with Gasteiger partial charge in [-0.1, -0.05) is 12.1 Å². The van der Waals surface area contributed by atoms with E-state index in [1.807, 2.05) is 6.07 Å². The van der Waals surface area contributed by atoms with Crippen LogP contribution in [0.25, 0.3) is 0 Å². The molecule has 2 amide bonds. The van der Waals surface area contributed by atoms with Crippen LogP contribution in [-0.2, 0) is 11.3 Å². The minimum absolute atomic E-state index is 0.151. The molecular formula is C13H19N3O2. The molecule has 5 heteroatoms. The minimum atomic E-state index is -0.904. The Labute approximate surface area is 107 Å². The average Bonchev–Trinajstić information content (AvgIpc) is 2.34. The summed E-state index contributed by atoms with van der Waals surface area (Å²) < 4.78 is 0. The lowest BCUT2D eigenvalue weighted by Gasteiger charge is -2.17. The number of nitrogens with two attached hydrogens (primary N) is 1. The first kappa shape index (κ1) is 14.2. The molecule has 0 radical (unpaired) electrons. The molecule has 1 aromatic rings. The second kappa shape index (κ2) is 5.64. The van der Waals surface area contributed by atoms with Gasteiger partial charge in [-0.05, 0) is 31.5 Å². The Hall–Kier alpha value is -1.88. The van der Waals surface area contributed by atoms with Crippen molar-refractivity contribution in [3.05, 3.63) is 35.4 Å². The van der Waals surface area contributed by atoms with Gasteiger partial charge in [0.25, 0.3) is 5.91 Å². The van der Waals surface area contributed by atoms with E-state index < -0.39 is 5.54 Å². The van der Waals surface area contributed by atoms with Crippen molar-refractivity contribution in [2.24, 2.45) is 5.73 Å². The van der Waals surface area contributed by atoms with Crippen molar-refractivity contribution in [1.82, 2.24) is 10.6 Å². The van der Waals surface area contributed by atoms with Crippen LogP contribution in [0.4, 0.5) is 0 Å². The molecule has 1 rings (SSSR count). The van der Waals surface area contributed by atoms with Crippen LogP contribution in [0.2, 0.25) is 0 Å². The first-order chi connectivity index (χ1) is 8.34. The van der Waals surface area contributed by atoms with Gasteiger partial charge in [0.2, 0.25) is 5.91 Å². The molecule has 0 aliphatic heterocycles. The fourth-order valence-electron chi connectivity index (χ4n) is 1.38. The van der Waals surface area contributed by atoms with E-state index in [1.165, 1.54) is 0 Å². The molecule has 1 aromatic carbocycles. The Bertz CT molecular complexity index is 450. The van der Waals surface area contributed by atoms with Crippen LogP contribution in [0.1, 0.15) is 29.8 Å². The molecule has 0 heterocycles. The molecule has 0 aromatic heterocycles. The minimum Gasteiger partial charge on any atom is -0.355 e. The van der Waals surface area contributed by atoms with E-state index in [0.717, 1.165) is 5.56 Å². The number of hydrogen-bond acceptors (Lipinski definition) is 3. The molecular weight excluding hydrogens is 230 g/mol. The highest BCUT2D eigenvalue weighted by atomic mass is 16.2. The average molecular weight is 249 g/mol. The Balaban J connectivity index is 2.69. The Kier molecular flexibility index (Phi) is 4.44. The van der Waals surface area contributed by atoms with E-state index in [-0.39, 0.29) is 11.8 Å². The molecule has 0 fully saturated rings. The summed E-state index contributed by atoms with van der Waals surface area (Å²) in [6.07, 6.45) is 0. The number of benzene rings is 1. The van der Waals surface area contributed by atoms with E-state index in [0.29, 0.717) is 12.1 Å². The first-order valence-corrected chi connectivity index (χ1v) is 5.73. The zero-order chi connectivity index (χ0) is 13.8. The van der Waals surface area contributed by atoms with E-state index in [2.05, 4.69) is 10.6 Å². The van der Waals surface area contributed by atoms with Gasteiger partial charge in [0, 0.05) is 19.2 Å². The molecule has 0 aliphatic carbocycles. The predicted octanol–water partition coefficient (Wildman–Crippen LogP) is 0.400. The van der Waals surface area contributed by atoms with Gasteiger partial charge in [0.15, 0.2) is 0 Å². The lowest BCUT2D eigenvalue weighted by atomic mass is 10.1. The molecule has 0 saturated heterocycles. The van der Waals surface area contributed by atoms with E-state index >= 15 is 0 Å². The van der Waals surface area contributed by atoms with Crippen LogP contribution in [-0.4, -0.2) is 24.4 Å². The fourth-order valence-corrected chi connectivity index (χ4v) is 1.38. The Morgan fingerprint density at radius 2 is 2.00 bits per heavy atom. The number of carbonyl (C=O) groups excluding carboxylic acids is 2. The molecule has 0 atom stereocenters. The van der Waals surface area contributed by atoms with Crippen LogP contribution >= 0.6 is 0 Å².